The van der Waals surface area contributed by atoms with Crippen molar-refractivity contribution in [3.8, 4) is 11.5 Å². The number of carbonyl (C=O) groups excluding carboxylic acids is 2. The molecule has 1 aliphatic heterocycles. The van der Waals surface area contributed by atoms with Gasteiger partial charge in [-0.2, -0.15) is 0 Å². The standard InChI is InChI=1S/C23H32N2O4/c26-21(10-13-24-22(27)17-6-2-1-3-7-17)25-23(11-4-5-12-23)18-8-9-19-20(16-18)29-15-14-28-19/h8-9,16-17H,1-7,10-15H2,(H,24,27)(H,25,26). The number of nitrogens with one attached hydrogen (secondary N) is 2. The Kier molecular flexibility index (Phi) is 6.26. The fourth-order valence-electron chi connectivity index (χ4n) is 4.94. The minimum atomic E-state index is -0.347. The summed E-state index contributed by atoms with van der Waals surface area (Å²) >= 11 is 0. The molecule has 1 heterocycles. The topological polar surface area (TPSA) is 76.7 Å². The zero-order valence-corrected chi connectivity index (χ0v) is 17.1. The van der Waals surface area contributed by atoms with Gasteiger partial charge in [0.05, 0.1) is 5.54 Å². The van der Waals surface area contributed by atoms with Gasteiger partial charge >= 0.3 is 0 Å². The van der Waals surface area contributed by atoms with Crippen LogP contribution in [0, 0.1) is 5.92 Å². The fourth-order valence-corrected chi connectivity index (χ4v) is 4.94. The Morgan fingerprint density at radius 2 is 1.69 bits per heavy atom. The lowest BCUT2D eigenvalue weighted by Crippen LogP contribution is -2.45. The highest BCUT2D eigenvalue weighted by atomic mass is 16.6. The molecule has 0 radical (unpaired) electrons. The first-order chi connectivity index (χ1) is 14.2. The third kappa shape index (κ3) is 4.68. The Labute approximate surface area is 172 Å². The molecule has 0 aromatic heterocycles. The number of carbonyl (C=O) groups is 2. The highest BCUT2D eigenvalue weighted by Gasteiger charge is 2.37. The van der Waals surface area contributed by atoms with E-state index in [0.717, 1.165) is 68.4 Å². The predicted molar refractivity (Wildman–Crippen MR) is 110 cm³/mol. The SMILES string of the molecule is O=C(CCNC(=O)C1CCCCC1)NC1(c2ccc3c(c2)OCCO3)CCCC1. The molecule has 2 saturated carbocycles. The lowest BCUT2D eigenvalue weighted by molar-refractivity contribution is -0.126. The Bertz CT molecular complexity index is 736. The molecule has 0 bridgehead atoms. The van der Waals surface area contributed by atoms with E-state index in [0.29, 0.717) is 26.2 Å². The molecule has 29 heavy (non-hydrogen) atoms. The molecule has 6 nitrogen and oxygen atoms in total. The number of amides is 2. The van der Waals surface area contributed by atoms with Gasteiger partial charge in [0.1, 0.15) is 13.2 Å². The lowest BCUT2D eigenvalue weighted by Gasteiger charge is -2.32. The van der Waals surface area contributed by atoms with E-state index in [4.69, 9.17) is 9.47 Å². The van der Waals surface area contributed by atoms with E-state index in [-0.39, 0.29) is 23.3 Å². The van der Waals surface area contributed by atoms with E-state index in [2.05, 4.69) is 10.6 Å². The zero-order chi connectivity index (χ0) is 20.1. The minimum absolute atomic E-state index is 0.00858. The molecule has 2 aliphatic carbocycles. The van der Waals surface area contributed by atoms with Crippen molar-refractivity contribution in [2.75, 3.05) is 19.8 Å². The third-order valence-corrected chi connectivity index (χ3v) is 6.56. The van der Waals surface area contributed by atoms with Gasteiger partial charge in [0.25, 0.3) is 0 Å². The number of hydrogen-bond acceptors (Lipinski definition) is 4. The molecule has 2 amide bonds. The molecular weight excluding hydrogens is 368 g/mol. The Morgan fingerprint density at radius 1 is 0.966 bits per heavy atom. The largest absolute Gasteiger partial charge is 0.486 e. The van der Waals surface area contributed by atoms with Crippen molar-refractivity contribution >= 4 is 11.8 Å². The quantitative estimate of drug-likeness (QED) is 0.767. The van der Waals surface area contributed by atoms with Crippen LogP contribution in [0.25, 0.3) is 0 Å². The Hall–Kier alpha value is -2.24. The number of fused-ring (bicyclic) bond motifs is 1. The normalized spacial score (nSPS) is 20.8. The van der Waals surface area contributed by atoms with Crippen LogP contribution in [0.1, 0.15) is 69.8 Å². The molecule has 1 aromatic carbocycles. The molecule has 6 heteroatoms. The van der Waals surface area contributed by atoms with Gasteiger partial charge < -0.3 is 20.1 Å². The van der Waals surface area contributed by atoms with Crippen molar-refractivity contribution in [3.05, 3.63) is 23.8 Å². The summed E-state index contributed by atoms with van der Waals surface area (Å²) in [5, 5.41) is 6.25. The molecule has 0 spiro atoms. The van der Waals surface area contributed by atoms with Crippen LogP contribution in [-0.2, 0) is 15.1 Å². The summed E-state index contributed by atoms with van der Waals surface area (Å²) in [5.74, 6) is 1.76. The second-order valence-electron chi connectivity index (χ2n) is 8.57. The first-order valence-corrected chi connectivity index (χ1v) is 11.2. The molecule has 0 saturated heterocycles. The highest BCUT2D eigenvalue weighted by Crippen LogP contribution is 2.42. The maximum absolute atomic E-state index is 12.7. The van der Waals surface area contributed by atoms with Crippen molar-refractivity contribution in [2.45, 2.75) is 69.7 Å². The summed E-state index contributed by atoms with van der Waals surface area (Å²) in [6, 6.07) is 6.01. The zero-order valence-electron chi connectivity index (χ0n) is 17.1. The van der Waals surface area contributed by atoms with E-state index >= 15 is 0 Å². The van der Waals surface area contributed by atoms with Crippen molar-refractivity contribution in [1.82, 2.24) is 10.6 Å². The van der Waals surface area contributed by atoms with Gasteiger partial charge in [0.15, 0.2) is 11.5 Å². The molecular formula is C23H32N2O4. The average molecular weight is 401 g/mol. The van der Waals surface area contributed by atoms with Crippen molar-refractivity contribution in [1.29, 1.82) is 0 Å². The van der Waals surface area contributed by atoms with Gasteiger partial charge in [-0.1, -0.05) is 38.2 Å². The Balaban J connectivity index is 1.34. The second-order valence-corrected chi connectivity index (χ2v) is 8.57. The van der Waals surface area contributed by atoms with Gasteiger partial charge in [-0.3, -0.25) is 9.59 Å². The molecule has 2 N–H and O–H groups in total. The van der Waals surface area contributed by atoms with Crippen molar-refractivity contribution in [3.63, 3.8) is 0 Å². The molecule has 3 aliphatic rings. The van der Waals surface area contributed by atoms with Crippen LogP contribution in [-0.4, -0.2) is 31.6 Å². The average Bonchev–Trinajstić information content (AvgIpc) is 3.23. The van der Waals surface area contributed by atoms with E-state index in [9.17, 15) is 9.59 Å². The van der Waals surface area contributed by atoms with Gasteiger partial charge in [-0.25, -0.2) is 0 Å². The van der Waals surface area contributed by atoms with Gasteiger partial charge in [0, 0.05) is 18.9 Å². The van der Waals surface area contributed by atoms with Crippen molar-refractivity contribution in [2.24, 2.45) is 5.92 Å². The summed E-state index contributed by atoms with van der Waals surface area (Å²) in [4.78, 5) is 25.0. The highest BCUT2D eigenvalue weighted by molar-refractivity contribution is 5.81. The maximum atomic E-state index is 12.7. The summed E-state index contributed by atoms with van der Waals surface area (Å²) in [6.07, 6.45) is 9.79. The Morgan fingerprint density at radius 3 is 2.45 bits per heavy atom. The van der Waals surface area contributed by atoms with Crippen LogP contribution in [0.5, 0.6) is 11.5 Å². The number of hydrogen-bond donors (Lipinski definition) is 2. The molecule has 1 aromatic rings. The van der Waals surface area contributed by atoms with Crippen LogP contribution in [0.2, 0.25) is 0 Å². The van der Waals surface area contributed by atoms with Crippen LogP contribution in [0.4, 0.5) is 0 Å². The van der Waals surface area contributed by atoms with Crippen LogP contribution < -0.4 is 20.1 Å². The molecule has 4 rings (SSSR count). The predicted octanol–water partition coefficient (Wildman–Crippen LogP) is 3.43. The molecule has 0 unspecified atom stereocenters. The fraction of sp³-hybridized carbons (Fsp3) is 0.652. The second kappa shape index (κ2) is 9.06. The number of benzene rings is 1. The van der Waals surface area contributed by atoms with Crippen LogP contribution in [0.15, 0.2) is 18.2 Å². The van der Waals surface area contributed by atoms with Gasteiger partial charge in [0.2, 0.25) is 11.8 Å². The first-order valence-electron chi connectivity index (χ1n) is 11.2. The third-order valence-electron chi connectivity index (χ3n) is 6.56. The van der Waals surface area contributed by atoms with Gasteiger partial charge in [-0.15, -0.1) is 0 Å². The minimum Gasteiger partial charge on any atom is -0.486 e. The maximum Gasteiger partial charge on any atom is 0.223 e. The summed E-state index contributed by atoms with van der Waals surface area (Å²) < 4.78 is 11.4. The van der Waals surface area contributed by atoms with E-state index in [1.807, 2.05) is 18.2 Å². The van der Waals surface area contributed by atoms with E-state index < -0.39 is 0 Å². The number of rotatable bonds is 6. The summed E-state index contributed by atoms with van der Waals surface area (Å²) in [6.45, 7) is 1.52. The lowest BCUT2D eigenvalue weighted by atomic mass is 9.87. The van der Waals surface area contributed by atoms with Crippen LogP contribution in [0.3, 0.4) is 0 Å². The van der Waals surface area contributed by atoms with Crippen molar-refractivity contribution < 1.29 is 19.1 Å². The molecule has 2 fully saturated rings. The smallest absolute Gasteiger partial charge is 0.223 e. The van der Waals surface area contributed by atoms with E-state index in [1.165, 1.54) is 6.42 Å². The summed E-state index contributed by atoms with van der Waals surface area (Å²) in [5.41, 5.74) is 0.735. The number of ether oxygens (including phenoxy) is 2. The summed E-state index contributed by atoms with van der Waals surface area (Å²) in [7, 11) is 0. The first kappa shape index (κ1) is 20.0. The molecule has 0 atom stereocenters. The monoisotopic (exact) mass is 400 g/mol. The van der Waals surface area contributed by atoms with Crippen LogP contribution >= 0.6 is 0 Å². The van der Waals surface area contributed by atoms with E-state index in [1.54, 1.807) is 0 Å². The molecule has 158 valence electrons. The van der Waals surface area contributed by atoms with Gasteiger partial charge in [-0.05, 0) is 43.4 Å².